The Morgan fingerprint density at radius 2 is 1.80 bits per heavy atom. The average molecular weight is 203 g/mol. The third-order valence-corrected chi connectivity index (χ3v) is 3.67. The van der Waals surface area contributed by atoms with E-state index in [2.05, 4.69) is 30.3 Å². The zero-order valence-corrected chi connectivity index (χ0v) is 9.36. The van der Waals surface area contributed by atoms with Gasteiger partial charge in [0.2, 0.25) is 0 Å². The van der Waals surface area contributed by atoms with E-state index in [1.807, 2.05) is 0 Å². The van der Waals surface area contributed by atoms with E-state index >= 15 is 0 Å². The summed E-state index contributed by atoms with van der Waals surface area (Å²) in [7, 11) is 0. The predicted octanol–water partition coefficient (Wildman–Crippen LogP) is 3.31. The molecule has 1 aliphatic rings. The molecule has 0 aliphatic heterocycles. The maximum absolute atomic E-state index is 5.73. The molecule has 1 heteroatoms. The van der Waals surface area contributed by atoms with Crippen LogP contribution in [0.3, 0.4) is 0 Å². The number of rotatable bonds is 4. The van der Waals surface area contributed by atoms with Crippen LogP contribution < -0.4 is 5.73 Å². The maximum Gasteiger partial charge on any atom is -0.00713 e. The molecule has 0 amide bonds. The lowest BCUT2D eigenvalue weighted by atomic mass is 9.82. The van der Waals surface area contributed by atoms with Crippen LogP contribution in [-0.2, 0) is 0 Å². The van der Waals surface area contributed by atoms with Gasteiger partial charge in [-0.05, 0) is 43.2 Å². The van der Waals surface area contributed by atoms with Crippen LogP contribution in [0.2, 0.25) is 0 Å². The van der Waals surface area contributed by atoms with Gasteiger partial charge in [-0.1, -0.05) is 43.2 Å². The molecule has 1 unspecified atom stereocenters. The summed E-state index contributed by atoms with van der Waals surface area (Å²) in [5.74, 6) is 1.59. The largest absolute Gasteiger partial charge is 0.330 e. The van der Waals surface area contributed by atoms with E-state index in [1.54, 1.807) is 0 Å². The van der Waals surface area contributed by atoms with Crippen molar-refractivity contribution in [1.29, 1.82) is 0 Å². The molecule has 1 aliphatic carbocycles. The van der Waals surface area contributed by atoms with Gasteiger partial charge < -0.3 is 5.73 Å². The highest BCUT2D eigenvalue weighted by Crippen LogP contribution is 2.38. The van der Waals surface area contributed by atoms with Crippen LogP contribution in [0.25, 0.3) is 0 Å². The second kappa shape index (κ2) is 5.32. The van der Waals surface area contributed by atoms with Crippen molar-refractivity contribution in [3.63, 3.8) is 0 Å². The SMILES string of the molecule is NCCC(c1ccccc1)C1CCCC1. The van der Waals surface area contributed by atoms with Gasteiger partial charge in [0.05, 0.1) is 0 Å². The van der Waals surface area contributed by atoms with Crippen LogP contribution in [0, 0.1) is 5.92 Å². The van der Waals surface area contributed by atoms with E-state index in [0.29, 0.717) is 5.92 Å². The minimum atomic E-state index is 0.707. The zero-order chi connectivity index (χ0) is 10.5. The first-order valence-corrected chi connectivity index (χ1v) is 6.17. The second-order valence-electron chi connectivity index (χ2n) is 4.64. The molecule has 0 radical (unpaired) electrons. The number of hydrogen-bond donors (Lipinski definition) is 1. The maximum atomic E-state index is 5.73. The lowest BCUT2D eigenvalue weighted by Crippen LogP contribution is -2.14. The molecule has 2 N–H and O–H groups in total. The molecule has 0 bridgehead atoms. The number of nitrogens with two attached hydrogens (primary N) is 1. The fourth-order valence-corrected chi connectivity index (χ4v) is 2.91. The fourth-order valence-electron chi connectivity index (χ4n) is 2.91. The summed E-state index contributed by atoms with van der Waals surface area (Å²) in [6.45, 7) is 0.816. The van der Waals surface area contributed by atoms with E-state index in [9.17, 15) is 0 Å². The zero-order valence-electron chi connectivity index (χ0n) is 9.36. The Balaban J connectivity index is 2.11. The quantitative estimate of drug-likeness (QED) is 0.798. The highest BCUT2D eigenvalue weighted by Gasteiger charge is 2.25. The van der Waals surface area contributed by atoms with Crippen molar-refractivity contribution in [2.24, 2.45) is 11.7 Å². The van der Waals surface area contributed by atoms with Crippen LogP contribution in [0.1, 0.15) is 43.6 Å². The van der Waals surface area contributed by atoms with Gasteiger partial charge in [-0.3, -0.25) is 0 Å². The standard InChI is InChI=1S/C14H21N/c15-11-10-14(13-8-4-5-9-13)12-6-2-1-3-7-12/h1-3,6-7,13-14H,4-5,8-11,15H2. The Labute approximate surface area is 92.7 Å². The van der Waals surface area contributed by atoms with Crippen LogP contribution >= 0.6 is 0 Å². The van der Waals surface area contributed by atoms with E-state index in [0.717, 1.165) is 18.9 Å². The van der Waals surface area contributed by atoms with Crippen molar-refractivity contribution in [3.05, 3.63) is 35.9 Å². The monoisotopic (exact) mass is 203 g/mol. The highest BCUT2D eigenvalue weighted by atomic mass is 14.5. The molecule has 1 aromatic rings. The fraction of sp³-hybridized carbons (Fsp3) is 0.571. The van der Waals surface area contributed by atoms with Crippen LogP contribution in [0.5, 0.6) is 0 Å². The summed E-state index contributed by atoms with van der Waals surface area (Å²) < 4.78 is 0. The van der Waals surface area contributed by atoms with E-state index in [1.165, 1.54) is 31.2 Å². The van der Waals surface area contributed by atoms with Gasteiger partial charge in [0.25, 0.3) is 0 Å². The van der Waals surface area contributed by atoms with Crippen molar-refractivity contribution in [2.75, 3.05) is 6.54 Å². The minimum absolute atomic E-state index is 0.707. The van der Waals surface area contributed by atoms with Crippen molar-refractivity contribution < 1.29 is 0 Å². The Bertz CT molecular complexity index is 275. The number of benzene rings is 1. The molecule has 2 rings (SSSR count). The van der Waals surface area contributed by atoms with Gasteiger partial charge in [-0.2, -0.15) is 0 Å². The second-order valence-corrected chi connectivity index (χ2v) is 4.64. The normalized spacial score (nSPS) is 19.3. The van der Waals surface area contributed by atoms with Gasteiger partial charge >= 0.3 is 0 Å². The molecule has 1 saturated carbocycles. The smallest absolute Gasteiger partial charge is 0.00713 e. The van der Waals surface area contributed by atoms with Crippen molar-refractivity contribution in [2.45, 2.75) is 38.0 Å². The Morgan fingerprint density at radius 3 is 2.40 bits per heavy atom. The Hall–Kier alpha value is -0.820. The molecular formula is C14H21N. The van der Waals surface area contributed by atoms with Crippen molar-refractivity contribution in [3.8, 4) is 0 Å². The topological polar surface area (TPSA) is 26.0 Å². The molecular weight excluding hydrogens is 182 g/mol. The molecule has 1 aromatic carbocycles. The summed E-state index contributed by atoms with van der Waals surface area (Å²) in [5.41, 5.74) is 7.23. The molecule has 1 nitrogen and oxygen atoms in total. The lowest BCUT2D eigenvalue weighted by Gasteiger charge is -2.23. The van der Waals surface area contributed by atoms with Gasteiger partial charge in [-0.15, -0.1) is 0 Å². The summed E-state index contributed by atoms with van der Waals surface area (Å²) in [6, 6.07) is 10.9. The summed E-state index contributed by atoms with van der Waals surface area (Å²) >= 11 is 0. The minimum Gasteiger partial charge on any atom is -0.330 e. The van der Waals surface area contributed by atoms with E-state index in [4.69, 9.17) is 5.73 Å². The highest BCUT2D eigenvalue weighted by molar-refractivity contribution is 5.20. The van der Waals surface area contributed by atoms with Gasteiger partial charge in [0.1, 0.15) is 0 Å². The van der Waals surface area contributed by atoms with Crippen molar-refractivity contribution in [1.82, 2.24) is 0 Å². The van der Waals surface area contributed by atoms with Crippen molar-refractivity contribution >= 4 is 0 Å². The molecule has 0 saturated heterocycles. The summed E-state index contributed by atoms with van der Waals surface area (Å²) in [6.07, 6.45) is 6.78. The first-order valence-electron chi connectivity index (χ1n) is 6.17. The Kier molecular flexibility index (Phi) is 3.79. The molecule has 0 heterocycles. The van der Waals surface area contributed by atoms with Gasteiger partial charge in [-0.25, -0.2) is 0 Å². The molecule has 82 valence electrons. The van der Waals surface area contributed by atoms with E-state index < -0.39 is 0 Å². The van der Waals surface area contributed by atoms with Gasteiger partial charge in [0.15, 0.2) is 0 Å². The summed E-state index contributed by atoms with van der Waals surface area (Å²) in [5, 5.41) is 0. The predicted molar refractivity (Wildman–Crippen MR) is 64.8 cm³/mol. The number of hydrogen-bond acceptors (Lipinski definition) is 1. The first kappa shape index (κ1) is 10.7. The molecule has 0 spiro atoms. The molecule has 1 fully saturated rings. The third-order valence-electron chi connectivity index (χ3n) is 3.67. The van der Waals surface area contributed by atoms with Gasteiger partial charge in [0, 0.05) is 0 Å². The molecule has 15 heavy (non-hydrogen) atoms. The van der Waals surface area contributed by atoms with E-state index in [-0.39, 0.29) is 0 Å². The lowest BCUT2D eigenvalue weighted by molar-refractivity contribution is 0.416. The Morgan fingerprint density at radius 1 is 1.13 bits per heavy atom. The molecule has 0 aromatic heterocycles. The average Bonchev–Trinajstić information content (AvgIpc) is 2.80. The van der Waals surface area contributed by atoms with Crippen LogP contribution in [0.15, 0.2) is 30.3 Å². The van der Waals surface area contributed by atoms with Crippen LogP contribution in [0.4, 0.5) is 0 Å². The van der Waals surface area contributed by atoms with Crippen LogP contribution in [-0.4, -0.2) is 6.54 Å². The third kappa shape index (κ3) is 2.60. The first-order chi connectivity index (χ1) is 7.42. The summed E-state index contributed by atoms with van der Waals surface area (Å²) in [4.78, 5) is 0. The molecule has 1 atom stereocenters.